The second kappa shape index (κ2) is 6.77. The smallest absolute Gasteiger partial charge is 0.248 e. The van der Waals surface area contributed by atoms with Crippen molar-refractivity contribution in [3.05, 3.63) is 34.9 Å². The van der Waals surface area contributed by atoms with Crippen molar-refractivity contribution in [1.82, 2.24) is 10.2 Å². The lowest BCUT2D eigenvalue weighted by Gasteiger charge is -2.38. The lowest BCUT2D eigenvalue weighted by molar-refractivity contribution is -0.153. The topological polar surface area (TPSA) is 41.6 Å². The van der Waals surface area contributed by atoms with Crippen molar-refractivity contribution in [2.24, 2.45) is 5.92 Å². The van der Waals surface area contributed by atoms with E-state index in [9.17, 15) is 4.79 Å². The van der Waals surface area contributed by atoms with E-state index in [1.807, 2.05) is 29.2 Å². The molecule has 1 N–H and O–H groups in total. The number of nitrogens with one attached hydrogen (secondary N) is 1. The Bertz CT molecular complexity index is 503. The minimum atomic E-state index is 0.0509. The van der Waals surface area contributed by atoms with Crippen molar-refractivity contribution in [3.63, 3.8) is 0 Å². The summed E-state index contributed by atoms with van der Waals surface area (Å²) in [7, 11) is 0. The van der Waals surface area contributed by atoms with Crippen molar-refractivity contribution in [3.8, 4) is 0 Å². The maximum Gasteiger partial charge on any atom is 0.248 e. The van der Waals surface area contributed by atoms with Gasteiger partial charge >= 0.3 is 0 Å². The van der Waals surface area contributed by atoms with Crippen molar-refractivity contribution in [2.75, 3.05) is 26.2 Å². The number of halogens is 1. The first-order chi connectivity index (χ1) is 10.2. The number of rotatable bonds is 3. The number of morpholine rings is 1. The minimum Gasteiger partial charge on any atom is -0.366 e. The van der Waals surface area contributed by atoms with Gasteiger partial charge in [-0.3, -0.25) is 4.79 Å². The first-order valence-electron chi connectivity index (χ1n) is 7.57. The summed E-state index contributed by atoms with van der Waals surface area (Å²) in [5.74, 6) is 0.551. The van der Waals surface area contributed by atoms with Crippen molar-refractivity contribution in [1.29, 1.82) is 0 Å². The summed E-state index contributed by atoms with van der Waals surface area (Å²) < 4.78 is 5.76. The summed E-state index contributed by atoms with van der Waals surface area (Å²) in [6.45, 7) is 3.49. The van der Waals surface area contributed by atoms with E-state index in [2.05, 4.69) is 5.32 Å². The molecule has 3 rings (SSSR count). The van der Waals surface area contributed by atoms with Gasteiger partial charge in [-0.25, -0.2) is 0 Å². The summed E-state index contributed by atoms with van der Waals surface area (Å²) in [4.78, 5) is 14.0. The fraction of sp³-hybridized carbons (Fsp3) is 0.562. The van der Waals surface area contributed by atoms with Crippen LogP contribution >= 0.6 is 11.6 Å². The van der Waals surface area contributed by atoms with E-state index < -0.39 is 0 Å². The van der Waals surface area contributed by atoms with Gasteiger partial charge in [0, 0.05) is 24.7 Å². The van der Waals surface area contributed by atoms with Crippen LogP contribution in [-0.4, -0.2) is 43.2 Å². The zero-order chi connectivity index (χ0) is 14.7. The average Bonchev–Trinajstić information content (AvgIpc) is 2.52. The van der Waals surface area contributed by atoms with E-state index in [0.717, 1.165) is 18.7 Å². The molecule has 1 aromatic carbocycles. The summed E-state index contributed by atoms with van der Waals surface area (Å²) in [5, 5.41) is 4.13. The molecule has 2 atom stereocenters. The predicted molar refractivity (Wildman–Crippen MR) is 82.2 cm³/mol. The number of carbonyl (C=O) groups is 1. The largest absolute Gasteiger partial charge is 0.366 e. The third-order valence-corrected chi connectivity index (χ3v) is 4.72. The molecule has 21 heavy (non-hydrogen) atoms. The van der Waals surface area contributed by atoms with Crippen LogP contribution in [-0.2, 0) is 16.1 Å². The van der Waals surface area contributed by atoms with Crippen LogP contribution in [0.5, 0.6) is 0 Å². The molecule has 0 aromatic heterocycles. The molecule has 2 fully saturated rings. The van der Waals surface area contributed by atoms with Crippen LogP contribution < -0.4 is 5.32 Å². The molecule has 2 aliphatic rings. The van der Waals surface area contributed by atoms with Crippen molar-refractivity contribution in [2.45, 2.75) is 25.5 Å². The van der Waals surface area contributed by atoms with Crippen LogP contribution in [0.3, 0.4) is 0 Å². The highest BCUT2D eigenvalue weighted by Crippen LogP contribution is 2.24. The SMILES string of the molecule is O=C1COC(C2CCCNC2)CN1Cc1ccccc1Cl. The molecule has 2 saturated heterocycles. The minimum absolute atomic E-state index is 0.0509. The molecule has 2 unspecified atom stereocenters. The molecule has 4 nitrogen and oxygen atoms in total. The van der Waals surface area contributed by atoms with Gasteiger partial charge in [-0.1, -0.05) is 29.8 Å². The Hall–Kier alpha value is -1.10. The van der Waals surface area contributed by atoms with Gasteiger partial charge in [0.15, 0.2) is 0 Å². The quantitative estimate of drug-likeness (QED) is 0.929. The maximum atomic E-state index is 12.1. The number of piperidine rings is 1. The van der Waals surface area contributed by atoms with E-state index in [-0.39, 0.29) is 18.6 Å². The Kier molecular flexibility index (Phi) is 4.78. The predicted octanol–water partition coefficient (Wildman–Crippen LogP) is 2.07. The molecule has 0 bridgehead atoms. The fourth-order valence-electron chi connectivity index (χ4n) is 3.11. The number of hydrogen-bond donors (Lipinski definition) is 1. The number of hydrogen-bond acceptors (Lipinski definition) is 3. The van der Waals surface area contributed by atoms with Gasteiger partial charge in [-0.2, -0.15) is 0 Å². The molecule has 5 heteroatoms. The van der Waals surface area contributed by atoms with Crippen molar-refractivity contribution >= 4 is 17.5 Å². The van der Waals surface area contributed by atoms with Crippen LogP contribution in [0.2, 0.25) is 5.02 Å². The Morgan fingerprint density at radius 2 is 2.24 bits per heavy atom. The van der Waals surface area contributed by atoms with Crippen LogP contribution in [0.1, 0.15) is 18.4 Å². The number of carbonyl (C=O) groups excluding carboxylic acids is 1. The van der Waals surface area contributed by atoms with E-state index in [1.165, 1.54) is 12.8 Å². The first kappa shape index (κ1) is 14.8. The molecule has 0 saturated carbocycles. The lowest BCUT2D eigenvalue weighted by atomic mass is 9.92. The lowest BCUT2D eigenvalue weighted by Crippen LogP contribution is -2.51. The highest BCUT2D eigenvalue weighted by molar-refractivity contribution is 6.31. The fourth-order valence-corrected chi connectivity index (χ4v) is 3.30. The Morgan fingerprint density at radius 3 is 3.00 bits per heavy atom. The van der Waals surface area contributed by atoms with E-state index in [1.54, 1.807) is 0 Å². The normalized spacial score (nSPS) is 26.9. The standard InChI is InChI=1S/C16H21ClN2O2/c17-14-6-2-1-4-13(14)9-19-10-15(21-11-16(19)20)12-5-3-7-18-8-12/h1-2,4,6,12,15,18H,3,5,7-11H2. The molecule has 2 aliphatic heterocycles. The van der Waals surface area contributed by atoms with Gasteiger partial charge in [0.2, 0.25) is 5.91 Å². The Morgan fingerprint density at radius 1 is 1.38 bits per heavy atom. The summed E-state index contributed by atoms with van der Waals surface area (Å²) in [5.41, 5.74) is 0.995. The molecule has 2 heterocycles. The van der Waals surface area contributed by atoms with E-state index in [0.29, 0.717) is 24.0 Å². The molecule has 1 amide bonds. The van der Waals surface area contributed by atoms with E-state index >= 15 is 0 Å². The molecule has 1 aromatic rings. The second-order valence-corrected chi connectivity index (χ2v) is 6.23. The zero-order valence-electron chi connectivity index (χ0n) is 12.1. The molecule has 114 valence electrons. The van der Waals surface area contributed by atoms with Gasteiger partial charge in [0.05, 0.1) is 6.10 Å². The van der Waals surface area contributed by atoms with Gasteiger partial charge < -0.3 is 15.0 Å². The summed E-state index contributed by atoms with van der Waals surface area (Å²) in [6, 6.07) is 7.70. The highest BCUT2D eigenvalue weighted by Gasteiger charge is 2.32. The molecular weight excluding hydrogens is 288 g/mol. The number of nitrogens with zero attached hydrogens (tertiary/aromatic N) is 1. The molecule has 0 aliphatic carbocycles. The van der Waals surface area contributed by atoms with Crippen molar-refractivity contribution < 1.29 is 9.53 Å². The van der Waals surface area contributed by atoms with Gasteiger partial charge in [-0.05, 0) is 36.9 Å². The summed E-state index contributed by atoms with van der Waals surface area (Å²) in [6.07, 6.45) is 2.49. The Balaban J connectivity index is 1.66. The molecule has 0 radical (unpaired) electrons. The van der Waals surface area contributed by atoms with Gasteiger partial charge in [-0.15, -0.1) is 0 Å². The number of ether oxygens (including phenoxy) is 1. The van der Waals surface area contributed by atoms with Crippen LogP contribution in [0.25, 0.3) is 0 Å². The van der Waals surface area contributed by atoms with Gasteiger partial charge in [0.1, 0.15) is 6.61 Å². The molecule has 0 spiro atoms. The Labute approximate surface area is 130 Å². The second-order valence-electron chi connectivity index (χ2n) is 5.82. The number of benzene rings is 1. The van der Waals surface area contributed by atoms with Gasteiger partial charge in [0.25, 0.3) is 0 Å². The zero-order valence-corrected chi connectivity index (χ0v) is 12.8. The van der Waals surface area contributed by atoms with Crippen LogP contribution in [0.4, 0.5) is 0 Å². The third kappa shape index (κ3) is 3.57. The van der Waals surface area contributed by atoms with Crippen LogP contribution in [0.15, 0.2) is 24.3 Å². The average molecular weight is 309 g/mol. The highest BCUT2D eigenvalue weighted by atomic mass is 35.5. The van der Waals surface area contributed by atoms with E-state index in [4.69, 9.17) is 16.3 Å². The van der Waals surface area contributed by atoms with Crippen LogP contribution in [0, 0.1) is 5.92 Å². The number of amides is 1. The maximum absolute atomic E-state index is 12.1. The first-order valence-corrected chi connectivity index (χ1v) is 7.95. The molecular formula is C16H21ClN2O2. The third-order valence-electron chi connectivity index (χ3n) is 4.35. The monoisotopic (exact) mass is 308 g/mol. The summed E-state index contributed by atoms with van der Waals surface area (Å²) >= 11 is 6.20.